The number of anilines is 1. The van der Waals surface area contributed by atoms with Crippen LogP contribution in [0, 0.1) is 0 Å². The van der Waals surface area contributed by atoms with Crippen LogP contribution in [0.25, 0.3) is 22.2 Å². The maximum Gasteiger partial charge on any atom is 0.175 e. The van der Waals surface area contributed by atoms with Crippen molar-refractivity contribution in [3.63, 3.8) is 0 Å². The monoisotopic (exact) mass is 384 g/mol. The van der Waals surface area contributed by atoms with Crippen LogP contribution < -0.4 is 5.32 Å². The number of rotatable bonds is 5. The van der Waals surface area contributed by atoms with Crippen LogP contribution in [0.2, 0.25) is 0 Å². The molecule has 0 fully saturated rings. The first-order chi connectivity index (χ1) is 12.5. The summed E-state index contributed by atoms with van der Waals surface area (Å²) in [5, 5.41) is 6.32. The molecule has 1 aromatic carbocycles. The second-order valence-corrected chi connectivity index (χ2v) is 8.97. The van der Waals surface area contributed by atoms with Crippen molar-refractivity contribution in [2.75, 3.05) is 11.6 Å². The molecule has 26 heavy (non-hydrogen) atoms. The first-order valence-electron chi connectivity index (χ1n) is 7.96. The Morgan fingerprint density at radius 1 is 1.15 bits per heavy atom. The minimum Gasteiger partial charge on any atom is -0.462 e. The molecule has 0 bridgehead atoms. The minimum absolute atomic E-state index is 0.281. The molecule has 1 N–H and O–H groups in total. The van der Waals surface area contributed by atoms with Gasteiger partial charge in [-0.25, -0.2) is 13.4 Å². The average molecular weight is 384 g/mol. The van der Waals surface area contributed by atoms with Crippen LogP contribution in [0.15, 0.2) is 69.5 Å². The standard InChI is InChI=1S/C19H16N2O3S2/c1-26(22,23)16-6-4-13(5-7-16)18-19-14(8-9-24-19)11-17(21-18)20-12-15-3-2-10-25-15/h2-11H,12H2,1H3,(H,20,21). The SMILES string of the molecule is CS(=O)(=O)c1ccc(-c2nc(NCc3cccs3)cc3ccoc23)cc1. The Morgan fingerprint density at radius 3 is 2.65 bits per heavy atom. The van der Waals surface area contributed by atoms with Gasteiger partial charge in [0.1, 0.15) is 11.5 Å². The van der Waals surface area contributed by atoms with E-state index in [1.165, 1.54) is 11.1 Å². The lowest BCUT2D eigenvalue weighted by molar-refractivity contribution is 0.602. The maximum absolute atomic E-state index is 11.7. The van der Waals surface area contributed by atoms with E-state index in [-0.39, 0.29) is 4.90 Å². The van der Waals surface area contributed by atoms with Crippen molar-refractivity contribution >= 4 is 38.0 Å². The second-order valence-electron chi connectivity index (χ2n) is 5.92. The largest absolute Gasteiger partial charge is 0.462 e. The molecule has 132 valence electrons. The topological polar surface area (TPSA) is 72.2 Å². The molecule has 4 aromatic rings. The normalized spacial score (nSPS) is 11.7. The Kier molecular flexibility index (Phi) is 4.26. The minimum atomic E-state index is -3.23. The lowest BCUT2D eigenvalue weighted by Crippen LogP contribution is -2.01. The van der Waals surface area contributed by atoms with E-state index in [1.807, 2.05) is 23.6 Å². The lowest BCUT2D eigenvalue weighted by Gasteiger charge is -2.09. The van der Waals surface area contributed by atoms with Gasteiger partial charge < -0.3 is 9.73 Å². The van der Waals surface area contributed by atoms with Gasteiger partial charge >= 0.3 is 0 Å². The van der Waals surface area contributed by atoms with Gasteiger partial charge in [-0.3, -0.25) is 0 Å². The summed E-state index contributed by atoms with van der Waals surface area (Å²) < 4.78 is 28.9. The van der Waals surface area contributed by atoms with Gasteiger partial charge in [-0.1, -0.05) is 18.2 Å². The highest BCUT2D eigenvalue weighted by molar-refractivity contribution is 7.90. The molecule has 0 spiro atoms. The molecular weight excluding hydrogens is 368 g/mol. The van der Waals surface area contributed by atoms with Gasteiger partial charge in [0.2, 0.25) is 0 Å². The number of furan rings is 1. The maximum atomic E-state index is 11.7. The molecule has 0 aliphatic heterocycles. The van der Waals surface area contributed by atoms with E-state index in [0.29, 0.717) is 17.8 Å². The number of aromatic nitrogens is 1. The zero-order valence-corrected chi connectivity index (χ0v) is 15.6. The molecule has 0 atom stereocenters. The van der Waals surface area contributed by atoms with Crippen molar-refractivity contribution in [3.8, 4) is 11.3 Å². The number of benzene rings is 1. The molecule has 0 aliphatic carbocycles. The zero-order chi connectivity index (χ0) is 18.1. The van der Waals surface area contributed by atoms with E-state index in [4.69, 9.17) is 4.42 Å². The van der Waals surface area contributed by atoms with Crippen LogP contribution in [0.4, 0.5) is 5.82 Å². The van der Waals surface area contributed by atoms with Gasteiger partial charge in [-0.15, -0.1) is 11.3 Å². The van der Waals surface area contributed by atoms with Crippen molar-refractivity contribution in [2.45, 2.75) is 11.4 Å². The summed E-state index contributed by atoms with van der Waals surface area (Å²) in [6, 6.07) is 14.6. The van der Waals surface area contributed by atoms with E-state index >= 15 is 0 Å². The van der Waals surface area contributed by atoms with Crippen LogP contribution in [0.1, 0.15) is 4.88 Å². The van der Waals surface area contributed by atoms with Crippen LogP contribution in [0.3, 0.4) is 0 Å². The highest BCUT2D eigenvalue weighted by Gasteiger charge is 2.13. The summed E-state index contributed by atoms with van der Waals surface area (Å²) in [4.78, 5) is 6.19. The molecule has 0 unspecified atom stereocenters. The number of thiophene rings is 1. The van der Waals surface area contributed by atoms with E-state index in [2.05, 4.69) is 16.4 Å². The van der Waals surface area contributed by atoms with E-state index < -0.39 is 9.84 Å². The van der Waals surface area contributed by atoms with Crippen molar-refractivity contribution in [2.24, 2.45) is 0 Å². The van der Waals surface area contributed by atoms with Gasteiger partial charge in [-0.05, 0) is 35.7 Å². The van der Waals surface area contributed by atoms with E-state index in [1.54, 1.807) is 41.9 Å². The van der Waals surface area contributed by atoms with Gasteiger partial charge in [0.15, 0.2) is 15.4 Å². The second kappa shape index (κ2) is 6.59. The van der Waals surface area contributed by atoms with Gasteiger partial charge in [0.05, 0.1) is 17.7 Å². The van der Waals surface area contributed by atoms with Crippen LogP contribution in [-0.2, 0) is 16.4 Å². The average Bonchev–Trinajstić information content (AvgIpc) is 3.30. The first-order valence-corrected chi connectivity index (χ1v) is 10.7. The third-order valence-electron chi connectivity index (χ3n) is 4.01. The smallest absolute Gasteiger partial charge is 0.175 e. The fourth-order valence-corrected chi connectivity index (χ4v) is 3.99. The van der Waals surface area contributed by atoms with Gasteiger partial charge in [0.25, 0.3) is 0 Å². The Labute approximate surface area is 155 Å². The van der Waals surface area contributed by atoms with Crippen molar-refractivity contribution in [3.05, 3.63) is 65.1 Å². The van der Waals surface area contributed by atoms with Crippen LogP contribution in [-0.4, -0.2) is 19.7 Å². The van der Waals surface area contributed by atoms with E-state index in [0.717, 1.165) is 16.8 Å². The molecule has 0 aliphatic rings. The van der Waals surface area contributed by atoms with Crippen molar-refractivity contribution in [1.29, 1.82) is 0 Å². The third kappa shape index (κ3) is 3.36. The number of fused-ring (bicyclic) bond motifs is 1. The Bertz CT molecular complexity index is 1150. The third-order valence-corrected chi connectivity index (χ3v) is 6.02. The summed E-state index contributed by atoms with van der Waals surface area (Å²) >= 11 is 1.69. The quantitative estimate of drug-likeness (QED) is 0.546. The molecule has 3 heterocycles. The first kappa shape index (κ1) is 16.8. The van der Waals surface area contributed by atoms with Crippen molar-refractivity contribution < 1.29 is 12.8 Å². The summed E-state index contributed by atoms with van der Waals surface area (Å²) in [5.74, 6) is 0.745. The zero-order valence-electron chi connectivity index (χ0n) is 14.0. The van der Waals surface area contributed by atoms with Crippen molar-refractivity contribution in [1.82, 2.24) is 4.98 Å². The fraction of sp³-hybridized carbons (Fsp3) is 0.105. The lowest BCUT2D eigenvalue weighted by atomic mass is 10.1. The number of pyridine rings is 1. The number of sulfone groups is 1. The van der Waals surface area contributed by atoms with E-state index in [9.17, 15) is 8.42 Å². The highest BCUT2D eigenvalue weighted by Crippen LogP contribution is 2.31. The Balaban J connectivity index is 1.72. The molecule has 0 radical (unpaired) electrons. The molecule has 5 nitrogen and oxygen atoms in total. The molecule has 7 heteroatoms. The summed E-state index contributed by atoms with van der Waals surface area (Å²) in [7, 11) is -3.23. The molecule has 0 amide bonds. The predicted molar refractivity (Wildman–Crippen MR) is 104 cm³/mol. The molecule has 0 saturated carbocycles. The number of hydrogen-bond donors (Lipinski definition) is 1. The molecule has 0 saturated heterocycles. The van der Waals surface area contributed by atoms with Gasteiger partial charge in [-0.2, -0.15) is 0 Å². The van der Waals surface area contributed by atoms with Gasteiger partial charge in [0, 0.05) is 22.1 Å². The number of nitrogens with one attached hydrogen (secondary N) is 1. The number of hydrogen-bond acceptors (Lipinski definition) is 6. The Morgan fingerprint density at radius 2 is 1.96 bits per heavy atom. The van der Waals surface area contributed by atoms with Crippen LogP contribution >= 0.6 is 11.3 Å². The highest BCUT2D eigenvalue weighted by atomic mass is 32.2. The summed E-state index contributed by atoms with van der Waals surface area (Å²) in [6.07, 6.45) is 2.82. The molecule has 3 aromatic heterocycles. The molecular formula is C19H16N2O3S2. The predicted octanol–water partition coefficient (Wildman–Crippen LogP) is 4.57. The Hall–Kier alpha value is -2.64. The number of nitrogens with zero attached hydrogens (tertiary/aromatic N) is 1. The summed E-state index contributed by atoms with van der Waals surface area (Å²) in [5.41, 5.74) is 2.16. The summed E-state index contributed by atoms with van der Waals surface area (Å²) in [6.45, 7) is 0.695. The fourth-order valence-electron chi connectivity index (χ4n) is 2.71. The van der Waals surface area contributed by atoms with Crippen LogP contribution in [0.5, 0.6) is 0 Å². The molecule has 4 rings (SSSR count).